The molecule has 0 radical (unpaired) electrons. The largest absolute Gasteiger partial charge is 0.369 e. The molecule has 2 aliphatic carbocycles. The molecule has 0 aromatic carbocycles. The topological polar surface area (TPSA) is 96.3 Å². The van der Waals surface area contributed by atoms with Gasteiger partial charge in [-0.15, -0.1) is 0 Å². The summed E-state index contributed by atoms with van der Waals surface area (Å²) in [7, 11) is 0. The summed E-state index contributed by atoms with van der Waals surface area (Å²) >= 11 is 1.25. The first-order valence-corrected chi connectivity index (χ1v) is 9.94. The highest BCUT2D eigenvalue weighted by atomic mass is 32.2. The van der Waals surface area contributed by atoms with Gasteiger partial charge in [-0.2, -0.15) is 5.26 Å². The molecule has 2 fully saturated rings. The van der Waals surface area contributed by atoms with Gasteiger partial charge in [-0.05, 0) is 24.7 Å². The number of nitrogens with zero attached hydrogens (tertiary/aromatic N) is 2. The third kappa shape index (κ3) is 3.27. The Morgan fingerprint density at radius 2 is 2.00 bits per heavy atom. The van der Waals surface area contributed by atoms with Crippen LogP contribution in [0.5, 0.6) is 0 Å². The lowest BCUT2D eigenvalue weighted by atomic mass is 9.54. The average Bonchev–Trinajstić information content (AvgIpc) is 2.51. The van der Waals surface area contributed by atoms with Gasteiger partial charge in [-0.25, -0.2) is 4.99 Å². The second-order valence-electron chi connectivity index (χ2n) is 8.28. The minimum Gasteiger partial charge on any atom is -0.369 e. The Morgan fingerprint density at radius 1 is 1.32 bits per heavy atom. The molecule has 1 aliphatic heterocycles. The summed E-state index contributed by atoms with van der Waals surface area (Å²) in [5, 5.41) is 10.5. The highest BCUT2D eigenvalue weighted by Crippen LogP contribution is 2.56. The van der Waals surface area contributed by atoms with Crippen LogP contribution in [0.15, 0.2) is 15.6 Å². The van der Waals surface area contributed by atoms with E-state index in [0.717, 1.165) is 44.2 Å². The van der Waals surface area contributed by atoms with Crippen LogP contribution in [0.1, 0.15) is 58.8 Å². The minimum atomic E-state index is -0.421. The lowest BCUT2D eigenvalue weighted by molar-refractivity contribution is -0.127. The van der Waals surface area contributed by atoms with Gasteiger partial charge in [0.1, 0.15) is 10.8 Å². The fourth-order valence-electron chi connectivity index (χ4n) is 4.81. The molecule has 0 aromatic rings. The van der Waals surface area contributed by atoms with Crippen molar-refractivity contribution in [1.29, 1.82) is 5.26 Å². The highest BCUT2D eigenvalue weighted by molar-refractivity contribution is 8.03. The molecule has 1 amide bonds. The van der Waals surface area contributed by atoms with E-state index < -0.39 is 11.3 Å². The Bertz CT molecular complexity index is 709. The zero-order chi connectivity index (χ0) is 18.2. The molecule has 1 spiro atoms. The molecule has 5 nitrogen and oxygen atoms in total. The van der Waals surface area contributed by atoms with Crippen LogP contribution in [0.25, 0.3) is 0 Å². The second-order valence-corrected chi connectivity index (χ2v) is 9.25. The number of primary amides is 1. The molecule has 6 heteroatoms. The third-order valence-corrected chi connectivity index (χ3v) is 6.68. The van der Waals surface area contributed by atoms with E-state index in [1.165, 1.54) is 11.8 Å². The number of hydrogen-bond acceptors (Lipinski definition) is 5. The van der Waals surface area contributed by atoms with E-state index in [1.54, 1.807) is 0 Å². The summed E-state index contributed by atoms with van der Waals surface area (Å²) in [4.78, 5) is 29.0. The number of fused-ring (bicyclic) bond motifs is 2. The number of carbonyl (C=O) groups is 2. The fraction of sp³-hybridized carbons (Fsp3) is 0.684. The first-order chi connectivity index (χ1) is 11.8. The molecular weight excluding hydrogens is 334 g/mol. The first kappa shape index (κ1) is 18.2. The maximum atomic E-state index is 13.1. The average molecular weight is 359 g/mol. The Balaban J connectivity index is 2.11. The second kappa shape index (κ2) is 6.60. The van der Waals surface area contributed by atoms with Crippen molar-refractivity contribution in [2.75, 3.05) is 5.75 Å². The molecule has 2 saturated carbocycles. The van der Waals surface area contributed by atoms with Crippen LogP contribution in [0.2, 0.25) is 0 Å². The van der Waals surface area contributed by atoms with Crippen LogP contribution in [-0.2, 0) is 9.59 Å². The standard InChI is InChI=1S/C19H25N3O2S/c1-18(2)8-13-16(14(23)9-18)19(6-4-3-5-7-19)12(10-20)17(22-13)25-11-15(21)24/h16H,3-9,11H2,1-2H3,(H2,21,24). The van der Waals surface area contributed by atoms with Crippen molar-refractivity contribution in [1.82, 2.24) is 0 Å². The minimum absolute atomic E-state index is 0.105. The number of aliphatic imine (C=N–C) groups is 1. The van der Waals surface area contributed by atoms with E-state index in [0.29, 0.717) is 17.0 Å². The molecule has 3 aliphatic rings. The molecule has 25 heavy (non-hydrogen) atoms. The fourth-order valence-corrected chi connectivity index (χ4v) is 5.67. The normalized spacial score (nSPS) is 27.5. The monoisotopic (exact) mass is 359 g/mol. The third-order valence-electron chi connectivity index (χ3n) is 5.69. The number of hydrogen-bond donors (Lipinski definition) is 1. The number of carbonyl (C=O) groups excluding carboxylic acids is 2. The number of amides is 1. The van der Waals surface area contributed by atoms with Gasteiger partial charge in [0.2, 0.25) is 5.91 Å². The molecule has 0 saturated heterocycles. The Labute approximate surface area is 153 Å². The Morgan fingerprint density at radius 3 is 2.60 bits per heavy atom. The van der Waals surface area contributed by atoms with E-state index in [2.05, 4.69) is 19.9 Å². The Kier molecular flexibility index (Phi) is 4.80. The van der Waals surface area contributed by atoms with Crippen LogP contribution in [0.3, 0.4) is 0 Å². The van der Waals surface area contributed by atoms with Crippen molar-refractivity contribution >= 4 is 29.2 Å². The summed E-state index contributed by atoms with van der Waals surface area (Å²) < 4.78 is 0. The number of ketones is 1. The zero-order valence-corrected chi connectivity index (χ0v) is 15.7. The van der Waals surface area contributed by atoms with Crippen LogP contribution in [-0.4, -0.2) is 23.2 Å². The van der Waals surface area contributed by atoms with Crippen LogP contribution in [0.4, 0.5) is 0 Å². The number of Topliss-reactive ketones (excluding diaryl/α,β-unsaturated/α-hetero) is 1. The molecular formula is C19H25N3O2S. The van der Waals surface area contributed by atoms with Crippen molar-refractivity contribution < 1.29 is 9.59 Å². The molecule has 3 rings (SSSR count). The van der Waals surface area contributed by atoms with E-state index >= 15 is 0 Å². The van der Waals surface area contributed by atoms with Gasteiger partial charge in [0.05, 0.1) is 23.3 Å². The van der Waals surface area contributed by atoms with Gasteiger partial charge < -0.3 is 5.73 Å². The number of nitriles is 1. The van der Waals surface area contributed by atoms with E-state index in [-0.39, 0.29) is 22.9 Å². The van der Waals surface area contributed by atoms with E-state index in [1.807, 2.05) is 0 Å². The SMILES string of the molecule is CC1(C)CC(=O)C2C(=NC(SCC(N)=O)=C(C#N)C23CCCCC3)C1. The van der Waals surface area contributed by atoms with E-state index in [9.17, 15) is 14.9 Å². The predicted molar refractivity (Wildman–Crippen MR) is 98.8 cm³/mol. The summed E-state index contributed by atoms with van der Waals surface area (Å²) in [5.41, 5.74) is 6.29. The lowest BCUT2D eigenvalue weighted by Gasteiger charge is -2.49. The van der Waals surface area contributed by atoms with Crippen LogP contribution < -0.4 is 5.73 Å². The van der Waals surface area contributed by atoms with Crippen molar-refractivity contribution in [2.24, 2.45) is 27.5 Å². The summed E-state index contributed by atoms with van der Waals surface area (Å²) in [6.45, 7) is 4.19. The van der Waals surface area contributed by atoms with E-state index in [4.69, 9.17) is 10.7 Å². The maximum Gasteiger partial charge on any atom is 0.227 e. The number of rotatable bonds is 3. The van der Waals surface area contributed by atoms with Gasteiger partial charge in [-0.3, -0.25) is 9.59 Å². The van der Waals surface area contributed by atoms with Crippen LogP contribution in [0, 0.1) is 28.1 Å². The van der Waals surface area contributed by atoms with Crippen molar-refractivity contribution in [3.8, 4) is 6.07 Å². The van der Waals surface area contributed by atoms with Gasteiger partial charge in [-0.1, -0.05) is 44.9 Å². The summed E-state index contributed by atoms with van der Waals surface area (Å²) in [6, 6.07) is 2.36. The molecule has 1 unspecified atom stereocenters. The summed E-state index contributed by atoms with van der Waals surface area (Å²) in [6.07, 6.45) is 6.21. The highest BCUT2D eigenvalue weighted by Gasteiger charge is 2.55. The quantitative estimate of drug-likeness (QED) is 0.835. The number of nitrogens with two attached hydrogens (primary N) is 1. The number of thioether (sulfide) groups is 1. The molecule has 134 valence electrons. The first-order valence-electron chi connectivity index (χ1n) is 8.95. The molecule has 0 aromatic heterocycles. The van der Waals surface area contributed by atoms with Gasteiger partial charge in [0.15, 0.2) is 0 Å². The lowest BCUT2D eigenvalue weighted by Crippen LogP contribution is -2.50. The molecule has 0 bridgehead atoms. The molecule has 1 atom stereocenters. The predicted octanol–water partition coefficient (Wildman–Crippen LogP) is 3.35. The molecule has 2 N–H and O–H groups in total. The zero-order valence-electron chi connectivity index (χ0n) is 14.9. The van der Waals surface area contributed by atoms with Crippen LogP contribution >= 0.6 is 11.8 Å². The van der Waals surface area contributed by atoms with Crippen molar-refractivity contribution in [3.63, 3.8) is 0 Å². The number of allylic oxidation sites excluding steroid dienone is 1. The maximum absolute atomic E-state index is 13.1. The molecule has 1 heterocycles. The van der Waals surface area contributed by atoms with Gasteiger partial charge in [0.25, 0.3) is 0 Å². The smallest absolute Gasteiger partial charge is 0.227 e. The van der Waals surface area contributed by atoms with Gasteiger partial charge in [0, 0.05) is 17.5 Å². The van der Waals surface area contributed by atoms with Crippen molar-refractivity contribution in [3.05, 3.63) is 10.6 Å². The summed E-state index contributed by atoms with van der Waals surface area (Å²) in [5.74, 6) is -0.345. The van der Waals surface area contributed by atoms with Crippen molar-refractivity contribution in [2.45, 2.75) is 58.8 Å². The van der Waals surface area contributed by atoms with Gasteiger partial charge >= 0.3 is 0 Å². The Hall–Kier alpha value is -1.61.